The monoisotopic (exact) mass is 332 g/mol. The number of carbonyl (C=O) groups is 1. The molecule has 23 heavy (non-hydrogen) atoms. The summed E-state index contributed by atoms with van der Waals surface area (Å²) in [7, 11) is 0. The first-order valence-electron chi connectivity index (χ1n) is 8.10. The molecule has 0 N–H and O–H groups in total. The lowest BCUT2D eigenvalue weighted by molar-refractivity contribution is -0.0444. The second-order valence-corrected chi connectivity index (χ2v) is 7.25. The first kappa shape index (κ1) is 14.9. The Morgan fingerprint density at radius 3 is 3.00 bits per heavy atom. The van der Waals surface area contributed by atoms with Crippen molar-refractivity contribution in [2.75, 3.05) is 13.2 Å². The Labute approximate surface area is 139 Å². The average molecular weight is 332 g/mol. The number of fused-ring (bicyclic) bond motifs is 1. The van der Waals surface area contributed by atoms with Gasteiger partial charge in [0.1, 0.15) is 10.6 Å². The molecule has 1 amide bonds. The first-order chi connectivity index (χ1) is 11.1. The minimum Gasteiger partial charge on any atom is -0.459 e. The maximum Gasteiger partial charge on any atom is 0.266 e. The van der Waals surface area contributed by atoms with Crippen molar-refractivity contribution in [3.63, 3.8) is 0 Å². The van der Waals surface area contributed by atoms with Gasteiger partial charge in [0.05, 0.1) is 24.4 Å². The van der Waals surface area contributed by atoms with E-state index in [1.165, 1.54) is 11.3 Å². The fourth-order valence-electron chi connectivity index (χ4n) is 3.56. The summed E-state index contributed by atoms with van der Waals surface area (Å²) in [5, 5.41) is 0.773. The van der Waals surface area contributed by atoms with Gasteiger partial charge >= 0.3 is 0 Å². The Hall–Kier alpha value is -1.66. The fraction of sp³-hybridized carbons (Fsp3) is 0.529. The minimum atomic E-state index is 0.0923. The van der Waals surface area contributed by atoms with Gasteiger partial charge in [-0.25, -0.2) is 4.98 Å². The van der Waals surface area contributed by atoms with Crippen LogP contribution < -0.4 is 0 Å². The van der Waals surface area contributed by atoms with Crippen molar-refractivity contribution < 1.29 is 13.9 Å². The van der Waals surface area contributed by atoms with Crippen LogP contribution in [0.1, 0.15) is 40.4 Å². The normalized spacial score (nSPS) is 24.0. The van der Waals surface area contributed by atoms with Gasteiger partial charge in [-0.15, -0.1) is 11.3 Å². The maximum absolute atomic E-state index is 13.0. The molecule has 2 aromatic rings. The molecule has 4 rings (SSSR count). The lowest BCUT2D eigenvalue weighted by Gasteiger charge is -2.37. The van der Waals surface area contributed by atoms with Gasteiger partial charge in [0.15, 0.2) is 10.8 Å². The van der Waals surface area contributed by atoms with Crippen LogP contribution >= 0.6 is 11.3 Å². The van der Waals surface area contributed by atoms with Crippen molar-refractivity contribution >= 4 is 17.2 Å². The number of nitrogens with zero attached hydrogens (tertiary/aromatic N) is 2. The SMILES string of the molecule is Cc1ccc(-c2nc(C)c(C(=O)N3CCO[C@@H]4CCC[C@H]43)s2)o1. The molecule has 1 saturated heterocycles. The van der Waals surface area contributed by atoms with Crippen LogP contribution in [0.2, 0.25) is 0 Å². The van der Waals surface area contributed by atoms with Gasteiger partial charge < -0.3 is 14.1 Å². The molecule has 6 heteroatoms. The van der Waals surface area contributed by atoms with Crippen LogP contribution in [0.15, 0.2) is 16.5 Å². The highest BCUT2D eigenvalue weighted by Crippen LogP contribution is 2.34. The van der Waals surface area contributed by atoms with E-state index in [1.54, 1.807) is 0 Å². The quantitative estimate of drug-likeness (QED) is 0.845. The Morgan fingerprint density at radius 2 is 2.22 bits per heavy atom. The standard InChI is InChI=1S/C17H20N2O3S/c1-10-6-7-14(22-10)16-18-11(2)15(23-16)17(20)19-8-9-21-13-5-3-4-12(13)19/h6-7,12-13H,3-5,8-9H2,1-2H3/t12-,13-/m1/s1. The van der Waals surface area contributed by atoms with E-state index >= 15 is 0 Å². The summed E-state index contributed by atoms with van der Waals surface area (Å²) < 4.78 is 11.4. The molecule has 2 atom stereocenters. The van der Waals surface area contributed by atoms with Crippen molar-refractivity contribution in [3.8, 4) is 10.8 Å². The number of morpholine rings is 1. The van der Waals surface area contributed by atoms with E-state index in [0.717, 1.165) is 46.4 Å². The molecular formula is C17H20N2O3S. The summed E-state index contributed by atoms with van der Waals surface area (Å²) in [5.74, 6) is 1.67. The van der Waals surface area contributed by atoms with Crippen LogP contribution in [-0.2, 0) is 4.74 Å². The minimum absolute atomic E-state index is 0.0923. The Bertz CT molecular complexity index is 736. The third-order valence-electron chi connectivity index (χ3n) is 4.68. The second-order valence-electron chi connectivity index (χ2n) is 6.25. The molecule has 2 fully saturated rings. The number of thiazole rings is 1. The summed E-state index contributed by atoms with van der Waals surface area (Å²) in [6.45, 7) is 5.11. The number of hydrogen-bond acceptors (Lipinski definition) is 5. The number of amides is 1. The number of aryl methyl sites for hydroxylation is 2. The molecule has 0 unspecified atom stereocenters. The lowest BCUT2D eigenvalue weighted by Crippen LogP contribution is -2.51. The molecule has 1 aliphatic heterocycles. The smallest absolute Gasteiger partial charge is 0.266 e. The van der Waals surface area contributed by atoms with Gasteiger partial charge in [-0.2, -0.15) is 0 Å². The van der Waals surface area contributed by atoms with Crippen LogP contribution in [0.4, 0.5) is 0 Å². The molecule has 1 saturated carbocycles. The number of aromatic nitrogens is 1. The topological polar surface area (TPSA) is 55.6 Å². The molecular weight excluding hydrogens is 312 g/mol. The van der Waals surface area contributed by atoms with Crippen LogP contribution in [-0.4, -0.2) is 41.1 Å². The molecule has 2 aliphatic rings. The Morgan fingerprint density at radius 1 is 1.35 bits per heavy atom. The molecule has 0 bridgehead atoms. The van der Waals surface area contributed by atoms with E-state index in [4.69, 9.17) is 9.15 Å². The third kappa shape index (κ3) is 2.60. The summed E-state index contributed by atoms with van der Waals surface area (Å²) in [6, 6.07) is 4.05. The van der Waals surface area contributed by atoms with Gasteiger partial charge in [-0.1, -0.05) is 0 Å². The second kappa shape index (κ2) is 5.76. The largest absolute Gasteiger partial charge is 0.459 e. The van der Waals surface area contributed by atoms with Gasteiger partial charge in [-0.3, -0.25) is 4.79 Å². The Kier molecular flexibility index (Phi) is 3.73. The third-order valence-corrected chi connectivity index (χ3v) is 5.84. The molecule has 0 spiro atoms. The number of hydrogen-bond donors (Lipinski definition) is 0. The van der Waals surface area contributed by atoms with E-state index in [2.05, 4.69) is 4.98 Å². The summed E-state index contributed by atoms with van der Waals surface area (Å²) >= 11 is 1.42. The summed E-state index contributed by atoms with van der Waals surface area (Å²) in [5.41, 5.74) is 0.782. The van der Waals surface area contributed by atoms with Crippen LogP contribution in [0, 0.1) is 13.8 Å². The van der Waals surface area contributed by atoms with Crippen molar-refractivity contribution in [2.24, 2.45) is 0 Å². The average Bonchev–Trinajstić information content (AvgIpc) is 3.25. The van der Waals surface area contributed by atoms with Crippen LogP contribution in [0.3, 0.4) is 0 Å². The highest BCUT2D eigenvalue weighted by Gasteiger charge is 2.39. The van der Waals surface area contributed by atoms with Crippen molar-refractivity contribution in [3.05, 3.63) is 28.5 Å². The summed E-state index contributed by atoms with van der Waals surface area (Å²) in [4.78, 5) is 20.3. The predicted molar refractivity (Wildman–Crippen MR) is 87.7 cm³/mol. The number of furan rings is 1. The van der Waals surface area contributed by atoms with E-state index in [-0.39, 0.29) is 18.1 Å². The summed E-state index contributed by atoms with van der Waals surface area (Å²) in [6.07, 6.45) is 3.46. The molecule has 1 aliphatic carbocycles. The molecule has 5 nitrogen and oxygen atoms in total. The number of ether oxygens (including phenoxy) is 1. The van der Waals surface area contributed by atoms with Gasteiger partial charge in [0, 0.05) is 6.54 Å². The van der Waals surface area contributed by atoms with E-state index in [0.29, 0.717) is 13.2 Å². The Balaban J connectivity index is 1.62. The van der Waals surface area contributed by atoms with Crippen LogP contribution in [0.25, 0.3) is 10.8 Å². The highest BCUT2D eigenvalue weighted by atomic mass is 32.1. The van der Waals surface area contributed by atoms with E-state index in [9.17, 15) is 4.79 Å². The van der Waals surface area contributed by atoms with Gasteiger partial charge in [0.25, 0.3) is 5.91 Å². The maximum atomic E-state index is 13.0. The van der Waals surface area contributed by atoms with Crippen molar-refractivity contribution in [1.29, 1.82) is 0 Å². The van der Waals surface area contributed by atoms with E-state index < -0.39 is 0 Å². The van der Waals surface area contributed by atoms with Crippen molar-refractivity contribution in [2.45, 2.75) is 45.3 Å². The number of carbonyl (C=O) groups excluding carboxylic acids is 1. The fourth-order valence-corrected chi connectivity index (χ4v) is 4.54. The first-order valence-corrected chi connectivity index (χ1v) is 8.92. The van der Waals surface area contributed by atoms with Gasteiger partial charge in [-0.05, 0) is 45.2 Å². The molecule has 0 aromatic carbocycles. The molecule has 2 aromatic heterocycles. The molecule has 3 heterocycles. The van der Waals surface area contributed by atoms with E-state index in [1.807, 2.05) is 30.9 Å². The molecule has 0 radical (unpaired) electrons. The zero-order valence-corrected chi connectivity index (χ0v) is 14.2. The zero-order valence-electron chi connectivity index (χ0n) is 13.4. The van der Waals surface area contributed by atoms with Crippen molar-refractivity contribution in [1.82, 2.24) is 9.88 Å². The van der Waals surface area contributed by atoms with Gasteiger partial charge in [0.2, 0.25) is 0 Å². The number of rotatable bonds is 2. The highest BCUT2D eigenvalue weighted by molar-refractivity contribution is 7.17. The lowest BCUT2D eigenvalue weighted by atomic mass is 10.1. The predicted octanol–water partition coefficient (Wildman–Crippen LogP) is 3.41. The molecule has 122 valence electrons. The van der Waals surface area contributed by atoms with Crippen LogP contribution in [0.5, 0.6) is 0 Å². The zero-order chi connectivity index (χ0) is 16.0.